The topological polar surface area (TPSA) is 80.8 Å². The lowest BCUT2D eigenvalue weighted by Gasteiger charge is -2.12. The van der Waals surface area contributed by atoms with E-state index in [0.717, 1.165) is 20.9 Å². The van der Waals surface area contributed by atoms with Gasteiger partial charge in [-0.25, -0.2) is 0 Å². The monoisotopic (exact) mass is 689 g/mol. The highest BCUT2D eigenvalue weighted by molar-refractivity contribution is 14.1. The minimum absolute atomic E-state index is 0.0327. The average molecular weight is 691 g/mol. The lowest BCUT2D eigenvalue weighted by molar-refractivity contribution is -0.123. The van der Waals surface area contributed by atoms with Crippen molar-refractivity contribution in [1.29, 1.82) is 0 Å². The van der Waals surface area contributed by atoms with E-state index in [0.29, 0.717) is 15.1 Å². The molecule has 0 radical (unpaired) electrons. The van der Waals surface area contributed by atoms with Crippen LogP contribution in [0.1, 0.15) is 11.1 Å². The lowest BCUT2D eigenvalue weighted by Crippen LogP contribution is -2.27. The summed E-state index contributed by atoms with van der Waals surface area (Å²) >= 11 is 12.2. The number of halogens is 3. The van der Waals surface area contributed by atoms with Crippen molar-refractivity contribution in [2.45, 2.75) is 11.4 Å². The Bertz CT molecular complexity index is 1410. The number of carbonyl (C=O) groups is 2. The Balaban J connectivity index is 1.51. The maximum absolute atomic E-state index is 12.8. The number of nitrogens with zero attached hydrogens (tertiary/aromatic N) is 1. The molecule has 0 bridgehead atoms. The number of amides is 2. The Morgan fingerprint density at radius 1 is 1.03 bits per heavy atom. The van der Waals surface area contributed by atoms with E-state index in [2.05, 4.69) is 38.5 Å². The zero-order valence-electron chi connectivity index (χ0n) is 17.1. The maximum Gasteiger partial charge on any atom is 0.339 e. The summed E-state index contributed by atoms with van der Waals surface area (Å²) in [5, 5.41) is 0.0651. The molecular formula is C23H14BrClINO5S2. The number of imide groups is 1. The SMILES string of the molecule is O=C1S/C(=C\c2ccc(OS(=O)(=O)c3ccc(Cl)cc3)c(Br)c2)C(=O)N1Cc1ccc(I)cc1. The molecule has 0 atom stereocenters. The molecule has 11 heteroatoms. The van der Waals surface area contributed by atoms with Gasteiger partial charge in [0.2, 0.25) is 0 Å². The molecule has 1 heterocycles. The number of benzene rings is 3. The molecule has 2 amide bonds. The quantitative estimate of drug-likeness (QED) is 0.163. The first-order valence-corrected chi connectivity index (χ1v) is 14.1. The van der Waals surface area contributed by atoms with Crippen molar-refractivity contribution in [3.63, 3.8) is 0 Å². The van der Waals surface area contributed by atoms with Crippen LogP contribution in [0, 0.1) is 3.57 Å². The number of carbonyl (C=O) groups excluding carboxylic acids is 2. The van der Waals surface area contributed by atoms with Gasteiger partial charge in [-0.2, -0.15) is 8.42 Å². The molecule has 6 nitrogen and oxygen atoms in total. The van der Waals surface area contributed by atoms with Crippen LogP contribution in [0.25, 0.3) is 6.08 Å². The molecular weight excluding hydrogens is 677 g/mol. The highest BCUT2D eigenvalue weighted by atomic mass is 127. The van der Waals surface area contributed by atoms with E-state index < -0.39 is 10.1 Å². The molecule has 4 rings (SSSR count). The van der Waals surface area contributed by atoms with Gasteiger partial charge < -0.3 is 4.18 Å². The lowest BCUT2D eigenvalue weighted by atomic mass is 10.2. The second-order valence-electron chi connectivity index (χ2n) is 7.08. The largest absolute Gasteiger partial charge is 0.378 e. The van der Waals surface area contributed by atoms with Crippen LogP contribution in [0.5, 0.6) is 5.75 Å². The van der Waals surface area contributed by atoms with Crippen molar-refractivity contribution in [2.24, 2.45) is 0 Å². The van der Waals surface area contributed by atoms with Crippen molar-refractivity contribution in [3.05, 3.63) is 95.8 Å². The van der Waals surface area contributed by atoms with Crippen molar-refractivity contribution in [2.75, 3.05) is 0 Å². The van der Waals surface area contributed by atoms with E-state index >= 15 is 0 Å². The summed E-state index contributed by atoms with van der Waals surface area (Å²) in [5.74, 6) is -0.297. The van der Waals surface area contributed by atoms with Gasteiger partial charge in [0.05, 0.1) is 15.9 Å². The van der Waals surface area contributed by atoms with Gasteiger partial charge in [-0.1, -0.05) is 29.8 Å². The van der Waals surface area contributed by atoms with Gasteiger partial charge in [0.15, 0.2) is 5.75 Å². The first kappa shape index (κ1) is 25.2. The van der Waals surface area contributed by atoms with E-state index in [1.54, 1.807) is 18.2 Å². The molecule has 1 fully saturated rings. The molecule has 0 N–H and O–H groups in total. The third kappa shape index (κ3) is 5.85. The Morgan fingerprint density at radius 3 is 2.35 bits per heavy atom. The summed E-state index contributed by atoms with van der Waals surface area (Å²) in [5.41, 5.74) is 1.46. The predicted octanol–water partition coefficient (Wildman–Crippen LogP) is 6.71. The second kappa shape index (κ2) is 10.4. The molecule has 34 heavy (non-hydrogen) atoms. The van der Waals surface area contributed by atoms with Gasteiger partial charge in [0.25, 0.3) is 11.1 Å². The molecule has 3 aromatic rings. The van der Waals surface area contributed by atoms with Crippen LogP contribution in [0.15, 0.2) is 81.0 Å². The van der Waals surface area contributed by atoms with Crippen molar-refractivity contribution >= 4 is 89.2 Å². The van der Waals surface area contributed by atoms with Crippen molar-refractivity contribution in [3.8, 4) is 5.75 Å². The van der Waals surface area contributed by atoms with Crippen LogP contribution in [-0.4, -0.2) is 24.5 Å². The standard InChI is InChI=1S/C23H14BrClINO5S2/c24-19-11-15(3-10-20(19)32-34(30,31)18-8-4-16(25)5-9-18)12-21-22(28)27(23(29)33-21)13-14-1-6-17(26)7-2-14/h1-12H,13H2/b21-12-. The first-order chi connectivity index (χ1) is 16.1. The summed E-state index contributed by atoms with van der Waals surface area (Å²) in [7, 11) is -4.06. The normalized spacial score (nSPS) is 15.3. The fourth-order valence-corrected chi connectivity index (χ4v) is 5.86. The highest BCUT2D eigenvalue weighted by Crippen LogP contribution is 2.35. The van der Waals surface area contributed by atoms with E-state index in [4.69, 9.17) is 15.8 Å². The Labute approximate surface area is 227 Å². The van der Waals surface area contributed by atoms with E-state index in [9.17, 15) is 18.0 Å². The van der Waals surface area contributed by atoms with Crippen LogP contribution < -0.4 is 4.18 Å². The summed E-state index contributed by atoms with van der Waals surface area (Å²) in [6.07, 6.45) is 1.58. The minimum atomic E-state index is -4.06. The summed E-state index contributed by atoms with van der Waals surface area (Å²) in [6.45, 7) is 0.192. The summed E-state index contributed by atoms with van der Waals surface area (Å²) in [6, 6.07) is 17.9. The number of hydrogen-bond donors (Lipinski definition) is 0. The first-order valence-electron chi connectivity index (χ1n) is 9.62. The summed E-state index contributed by atoms with van der Waals surface area (Å²) in [4.78, 5) is 26.7. The van der Waals surface area contributed by atoms with Crippen LogP contribution in [0.2, 0.25) is 5.02 Å². The maximum atomic E-state index is 12.8. The molecule has 3 aromatic carbocycles. The Hall–Kier alpha value is -1.86. The van der Waals surface area contributed by atoms with Crippen LogP contribution in [0.4, 0.5) is 4.79 Å². The second-order valence-corrected chi connectivity index (χ2v) is 12.2. The fourth-order valence-electron chi connectivity index (χ4n) is 3.00. The molecule has 0 unspecified atom stereocenters. The molecule has 1 saturated heterocycles. The molecule has 0 aliphatic carbocycles. The Morgan fingerprint density at radius 2 is 1.71 bits per heavy atom. The van der Waals surface area contributed by atoms with E-state index in [1.165, 1.54) is 35.2 Å². The van der Waals surface area contributed by atoms with Gasteiger partial charge in [-0.05, 0) is 116 Å². The minimum Gasteiger partial charge on any atom is -0.378 e. The molecule has 1 aliphatic rings. The fraction of sp³-hybridized carbons (Fsp3) is 0.0435. The van der Waals surface area contributed by atoms with E-state index in [-0.39, 0.29) is 33.2 Å². The van der Waals surface area contributed by atoms with E-state index in [1.807, 2.05) is 24.3 Å². The zero-order chi connectivity index (χ0) is 24.5. The van der Waals surface area contributed by atoms with Gasteiger partial charge >= 0.3 is 10.1 Å². The van der Waals surface area contributed by atoms with Crippen LogP contribution in [-0.2, 0) is 21.5 Å². The molecule has 0 aromatic heterocycles. The molecule has 1 aliphatic heterocycles. The molecule has 0 spiro atoms. The smallest absolute Gasteiger partial charge is 0.339 e. The van der Waals surface area contributed by atoms with Crippen molar-refractivity contribution < 1.29 is 22.2 Å². The molecule has 174 valence electrons. The predicted molar refractivity (Wildman–Crippen MR) is 144 cm³/mol. The van der Waals surface area contributed by atoms with Gasteiger partial charge in [0.1, 0.15) is 4.90 Å². The zero-order valence-corrected chi connectivity index (χ0v) is 23.2. The molecule has 0 saturated carbocycles. The van der Waals surface area contributed by atoms with Gasteiger partial charge in [-0.15, -0.1) is 0 Å². The Kier molecular flexibility index (Phi) is 7.72. The average Bonchev–Trinajstić information content (AvgIpc) is 3.04. The number of thioether (sulfide) groups is 1. The van der Waals surface area contributed by atoms with Crippen LogP contribution in [0.3, 0.4) is 0 Å². The highest BCUT2D eigenvalue weighted by Gasteiger charge is 2.35. The van der Waals surface area contributed by atoms with Gasteiger partial charge in [-0.3, -0.25) is 14.5 Å². The van der Waals surface area contributed by atoms with Crippen molar-refractivity contribution in [1.82, 2.24) is 4.90 Å². The van der Waals surface area contributed by atoms with Gasteiger partial charge in [0, 0.05) is 8.59 Å². The third-order valence-corrected chi connectivity index (χ3v) is 8.43. The summed E-state index contributed by atoms with van der Waals surface area (Å²) < 4.78 is 31.7. The third-order valence-electron chi connectivity index (χ3n) is 4.68. The number of rotatable bonds is 6. The van der Waals surface area contributed by atoms with Crippen LogP contribution >= 0.6 is 61.9 Å². The number of hydrogen-bond acceptors (Lipinski definition) is 6.